The molecule has 0 fully saturated rings. The monoisotopic (exact) mass is 366 g/mol. The SMILES string of the molecule is CCCC(=O)Nc1cccc(NC(=O)C2(C)Cc3ccccc3C(=O)O2)c1. The van der Waals surface area contributed by atoms with Crippen LogP contribution in [-0.4, -0.2) is 23.4 Å². The maximum absolute atomic E-state index is 12.8. The summed E-state index contributed by atoms with van der Waals surface area (Å²) in [6.45, 7) is 3.53. The number of carbonyl (C=O) groups is 3. The van der Waals surface area contributed by atoms with Crippen molar-refractivity contribution in [1.29, 1.82) is 0 Å². The van der Waals surface area contributed by atoms with Crippen molar-refractivity contribution in [2.24, 2.45) is 0 Å². The number of benzene rings is 2. The summed E-state index contributed by atoms with van der Waals surface area (Å²) in [6, 6.07) is 14.0. The van der Waals surface area contributed by atoms with Crippen LogP contribution in [0.1, 0.15) is 42.6 Å². The van der Waals surface area contributed by atoms with Gasteiger partial charge >= 0.3 is 5.97 Å². The van der Waals surface area contributed by atoms with E-state index in [1.54, 1.807) is 43.3 Å². The highest BCUT2D eigenvalue weighted by molar-refractivity contribution is 6.03. The van der Waals surface area contributed by atoms with E-state index in [0.717, 1.165) is 12.0 Å². The van der Waals surface area contributed by atoms with Gasteiger partial charge in [-0.1, -0.05) is 31.2 Å². The van der Waals surface area contributed by atoms with Crippen molar-refractivity contribution in [3.8, 4) is 0 Å². The first-order valence-corrected chi connectivity index (χ1v) is 8.94. The van der Waals surface area contributed by atoms with Crippen molar-refractivity contribution in [2.45, 2.75) is 38.7 Å². The molecule has 1 aliphatic heterocycles. The lowest BCUT2D eigenvalue weighted by Crippen LogP contribution is -2.48. The van der Waals surface area contributed by atoms with Crippen LogP contribution in [0.25, 0.3) is 0 Å². The third kappa shape index (κ3) is 4.16. The summed E-state index contributed by atoms with van der Waals surface area (Å²) in [4.78, 5) is 36.8. The Labute approximate surface area is 157 Å². The second-order valence-electron chi connectivity index (χ2n) is 6.79. The third-order valence-electron chi connectivity index (χ3n) is 4.44. The van der Waals surface area contributed by atoms with E-state index in [2.05, 4.69) is 10.6 Å². The molecule has 1 atom stereocenters. The van der Waals surface area contributed by atoms with Crippen LogP contribution >= 0.6 is 0 Å². The maximum atomic E-state index is 12.8. The number of carbonyl (C=O) groups excluding carboxylic acids is 3. The van der Waals surface area contributed by atoms with E-state index >= 15 is 0 Å². The molecule has 1 heterocycles. The molecule has 2 aromatic carbocycles. The number of amides is 2. The zero-order chi connectivity index (χ0) is 19.4. The van der Waals surface area contributed by atoms with Gasteiger partial charge in [0.15, 0.2) is 5.60 Å². The summed E-state index contributed by atoms with van der Waals surface area (Å²) >= 11 is 0. The summed E-state index contributed by atoms with van der Waals surface area (Å²) in [6.07, 6.45) is 1.49. The molecule has 0 bridgehead atoms. The fraction of sp³-hybridized carbons (Fsp3) is 0.286. The molecule has 27 heavy (non-hydrogen) atoms. The molecular formula is C21H22N2O4. The van der Waals surface area contributed by atoms with Crippen LogP contribution in [0.4, 0.5) is 11.4 Å². The van der Waals surface area contributed by atoms with E-state index in [9.17, 15) is 14.4 Å². The molecule has 0 radical (unpaired) electrons. The number of anilines is 2. The van der Waals surface area contributed by atoms with Gasteiger partial charge in [0.2, 0.25) is 5.91 Å². The first-order valence-electron chi connectivity index (χ1n) is 8.94. The Bertz CT molecular complexity index is 893. The van der Waals surface area contributed by atoms with Gasteiger partial charge in [-0.2, -0.15) is 0 Å². The Morgan fingerprint density at radius 1 is 1.07 bits per heavy atom. The zero-order valence-electron chi connectivity index (χ0n) is 15.4. The first kappa shape index (κ1) is 18.6. The molecule has 3 rings (SSSR count). The van der Waals surface area contributed by atoms with Gasteiger partial charge in [-0.05, 0) is 43.2 Å². The van der Waals surface area contributed by atoms with E-state index < -0.39 is 17.5 Å². The van der Waals surface area contributed by atoms with Crippen LogP contribution in [0.3, 0.4) is 0 Å². The highest BCUT2D eigenvalue weighted by Crippen LogP contribution is 2.29. The molecule has 0 aliphatic carbocycles. The maximum Gasteiger partial charge on any atom is 0.339 e. The van der Waals surface area contributed by atoms with Crippen molar-refractivity contribution in [3.63, 3.8) is 0 Å². The highest BCUT2D eigenvalue weighted by atomic mass is 16.6. The smallest absolute Gasteiger partial charge is 0.339 e. The van der Waals surface area contributed by atoms with Crippen LogP contribution in [0.2, 0.25) is 0 Å². The highest BCUT2D eigenvalue weighted by Gasteiger charge is 2.42. The average molecular weight is 366 g/mol. The minimum atomic E-state index is -1.30. The molecule has 140 valence electrons. The summed E-state index contributed by atoms with van der Waals surface area (Å²) in [5.41, 5.74) is 1.09. The quantitative estimate of drug-likeness (QED) is 0.793. The molecule has 0 saturated carbocycles. The summed E-state index contributed by atoms with van der Waals surface area (Å²) < 4.78 is 5.44. The van der Waals surface area contributed by atoms with Gasteiger partial charge in [0.05, 0.1) is 5.56 Å². The number of hydrogen-bond donors (Lipinski definition) is 2. The Kier molecular flexibility index (Phi) is 5.26. The van der Waals surface area contributed by atoms with Gasteiger partial charge in [-0.25, -0.2) is 4.79 Å². The number of ether oxygens (including phenoxy) is 1. The Balaban J connectivity index is 1.74. The Morgan fingerprint density at radius 3 is 2.52 bits per heavy atom. The molecule has 2 amide bonds. The van der Waals surface area contributed by atoms with Gasteiger partial charge in [0.25, 0.3) is 5.91 Å². The summed E-state index contributed by atoms with van der Waals surface area (Å²) in [5, 5.41) is 5.57. The van der Waals surface area contributed by atoms with Crippen LogP contribution in [0, 0.1) is 0 Å². The largest absolute Gasteiger partial charge is 0.445 e. The fourth-order valence-corrected chi connectivity index (χ4v) is 3.05. The normalized spacial score (nSPS) is 18.2. The molecule has 0 saturated heterocycles. The van der Waals surface area contributed by atoms with Crippen LogP contribution in [0.15, 0.2) is 48.5 Å². The summed E-state index contributed by atoms with van der Waals surface area (Å²) in [5.74, 6) is -0.997. The van der Waals surface area contributed by atoms with Gasteiger partial charge in [-0.3, -0.25) is 9.59 Å². The van der Waals surface area contributed by atoms with Crippen molar-refractivity contribution in [3.05, 3.63) is 59.7 Å². The van der Waals surface area contributed by atoms with Gasteiger partial charge in [0.1, 0.15) is 0 Å². The van der Waals surface area contributed by atoms with Gasteiger partial charge in [0, 0.05) is 24.2 Å². The molecule has 2 aromatic rings. The second kappa shape index (κ2) is 7.61. The van der Waals surface area contributed by atoms with Crippen LogP contribution < -0.4 is 10.6 Å². The minimum Gasteiger partial charge on any atom is -0.445 e. The molecule has 0 aromatic heterocycles. The predicted molar refractivity (Wildman–Crippen MR) is 103 cm³/mol. The molecule has 2 N–H and O–H groups in total. The fourth-order valence-electron chi connectivity index (χ4n) is 3.05. The minimum absolute atomic E-state index is 0.0780. The van der Waals surface area contributed by atoms with Gasteiger partial charge < -0.3 is 15.4 Å². The number of rotatable bonds is 5. The number of nitrogens with one attached hydrogen (secondary N) is 2. The van der Waals surface area contributed by atoms with Crippen LogP contribution in [0.5, 0.6) is 0 Å². The lowest BCUT2D eigenvalue weighted by Gasteiger charge is -2.33. The lowest BCUT2D eigenvalue weighted by molar-refractivity contribution is -0.134. The van der Waals surface area contributed by atoms with Crippen molar-refractivity contribution in [2.75, 3.05) is 10.6 Å². The number of cyclic esters (lactones) is 1. The van der Waals surface area contributed by atoms with E-state index in [4.69, 9.17) is 4.74 Å². The van der Waals surface area contributed by atoms with E-state index in [-0.39, 0.29) is 5.91 Å². The predicted octanol–water partition coefficient (Wildman–Crippen LogP) is 3.54. The standard InChI is InChI=1S/C21H22N2O4/c1-3-7-18(24)22-15-9-6-10-16(12-15)23-20(26)21(2)13-14-8-4-5-11-17(14)19(25)27-21/h4-6,8-12H,3,7,13H2,1-2H3,(H,22,24)(H,23,26). The molecule has 0 spiro atoms. The lowest BCUT2D eigenvalue weighted by atomic mass is 9.89. The second-order valence-corrected chi connectivity index (χ2v) is 6.79. The van der Waals surface area contributed by atoms with Crippen molar-refractivity contribution >= 4 is 29.2 Å². The van der Waals surface area contributed by atoms with Crippen LogP contribution in [-0.2, 0) is 20.7 Å². The Morgan fingerprint density at radius 2 is 1.78 bits per heavy atom. The number of esters is 1. The number of fused-ring (bicyclic) bond motifs is 1. The van der Waals surface area contributed by atoms with E-state index in [1.165, 1.54) is 0 Å². The van der Waals surface area contributed by atoms with Gasteiger partial charge in [-0.15, -0.1) is 0 Å². The molecule has 6 nitrogen and oxygen atoms in total. The topological polar surface area (TPSA) is 84.5 Å². The third-order valence-corrected chi connectivity index (χ3v) is 4.44. The molecule has 1 unspecified atom stereocenters. The summed E-state index contributed by atoms with van der Waals surface area (Å²) in [7, 11) is 0. The van der Waals surface area contributed by atoms with E-state index in [1.807, 2.05) is 19.1 Å². The zero-order valence-corrected chi connectivity index (χ0v) is 15.4. The Hall–Kier alpha value is -3.15. The van der Waals surface area contributed by atoms with Crippen molar-refractivity contribution in [1.82, 2.24) is 0 Å². The van der Waals surface area contributed by atoms with E-state index in [0.29, 0.717) is 29.8 Å². The average Bonchev–Trinajstić information content (AvgIpc) is 2.62. The molecule has 1 aliphatic rings. The molecule has 6 heteroatoms. The van der Waals surface area contributed by atoms with Crippen molar-refractivity contribution < 1.29 is 19.1 Å². The number of hydrogen-bond acceptors (Lipinski definition) is 4. The first-order chi connectivity index (χ1) is 12.9. The molecular weight excluding hydrogens is 344 g/mol.